The van der Waals surface area contributed by atoms with Crippen LogP contribution in [0.4, 0.5) is 5.69 Å². The number of aryl methyl sites for hydroxylation is 1. The highest BCUT2D eigenvalue weighted by atomic mass is 16.1. The van der Waals surface area contributed by atoms with E-state index in [1.807, 2.05) is 13.0 Å². The van der Waals surface area contributed by atoms with Gasteiger partial charge in [0.2, 0.25) is 6.08 Å². The lowest BCUT2D eigenvalue weighted by Crippen LogP contribution is -1.68. The number of hydrogen-bond donors (Lipinski definition) is 0. The van der Waals surface area contributed by atoms with E-state index >= 15 is 0 Å². The van der Waals surface area contributed by atoms with Crippen LogP contribution < -0.4 is 0 Å². The number of benzene rings is 1. The first-order valence-corrected chi connectivity index (χ1v) is 2.88. The molecule has 0 aliphatic carbocycles. The van der Waals surface area contributed by atoms with Crippen molar-refractivity contribution in [1.82, 2.24) is 0 Å². The second kappa shape index (κ2) is 2.95. The molecule has 1 aromatic carbocycles. The van der Waals surface area contributed by atoms with Crippen molar-refractivity contribution < 1.29 is 4.79 Å². The minimum absolute atomic E-state index is 0.606. The van der Waals surface area contributed by atoms with Crippen molar-refractivity contribution in [2.45, 2.75) is 6.92 Å². The van der Waals surface area contributed by atoms with Gasteiger partial charge in [0.15, 0.2) is 0 Å². The van der Waals surface area contributed by atoms with Crippen LogP contribution in [0.15, 0.2) is 23.2 Å². The molecule has 2 heteroatoms. The lowest BCUT2D eigenvalue weighted by Gasteiger charge is -1.89. The summed E-state index contributed by atoms with van der Waals surface area (Å²) in [6.45, 7) is 1.92. The van der Waals surface area contributed by atoms with E-state index in [1.54, 1.807) is 12.1 Å². The van der Waals surface area contributed by atoms with Crippen molar-refractivity contribution in [3.8, 4) is 0 Å². The highest BCUT2D eigenvalue weighted by molar-refractivity contribution is 5.49. The van der Waals surface area contributed by atoms with Crippen LogP contribution in [0.2, 0.25) is 0 Å². The number of rotatable bonds is 1. The van der Waals surface area contributed by atoms with Crippen LogP contribution >= 0.6 is 0 Å². The maximum Gasteiger partial charge on any atom is 0.240 e. The third-order valence-corrected chi connectivity index (χ3v) is 1.09. The summed E-state index contributed by atoms with van der Waals surface area (Å²) in [5, 5.41) is 0. The summed E-state index contributed by atoms with van der Waals surface area (Å²) in [5.41, 5.74) is 1.64. The first-order valence-electron chi connectivity index (χ1n) is 2.88. The fourth-order valence-corrected chi connectivity index (χ4v) is 0.692. The van der Waals surface area contributed by atoms with E-state index < -0.39 is 0 Å². The van der Waals surface area contributed by atoms with Crippen LogP contribution in [0.25, 0.3) is 0 Å². The quantitative estimate of drug-likeness (QED) is 0.423. The van der Waals surface area contributed by atoms with Gasteiger partial charge in [0.1, 0.15) is 0 Å². The molecular weight excluding hydrogens is 126 g/mol. The highest BCUT2D eigenvalue weighted by Crippen LogP contribution is 2.10. The number of nitrogens with zero attached hydrogens (tertiary/aromatic N) is 1. The first kappa shape index (κ1) is 6.72. The topological polar surface area (TPSA) is 29.4 Å². The Morgan fingerprint density at radius 2 is 2.40 bits per heavy atom. The highest BCUT2D eigenvalue weighted by Gasteiger charge is 1.86. The molecule has 0 aromatic heterocycles. The second-order valence-electron chi connectivity index (χ2n) is 1.97. The van der Waals surface area contributed by atoms with Crippen LogP contribution in [0.1, 0.15) is 5.56 Å². The zero-order valence-electron chi connectivity index (χ0n) is 5.59. The largest absolute Gasteiger partial charge is 0.240 e. The van der Waals surface area contributed by atoms with E-state index in [0.29, 0.717) is 5.69 Å². The van der Waals surface area contributed by atoms with Crippen LogP contribution in [0, 0.1) is 13.0 Å². The number of aliphatic imine (C=N–C) groups is 1. The van der Waals surface area contributed by atoms with Gasteiger partial charge in [0.05, 0.1) is 5.69 Å². The fraction of sp³-hybridized carbons (Fsp3) is 0.125. The van der Waals surface area contributed by atoms with E-state index in [1.165, 1.54) is 6.08 Å². The Morgan fingerprint density at radius 1 is 1.60 bits per heavy atom. The molecule has 2 nitrogen and oxygen atoms in total. The standard InChI is InChI=1S/C8H6NO/c1-7-3-2-4-8(5-7)9-6-10/h3-5H,1H3. The Balaban J connectivity index is 3.06. The van der Waals surface area contributed by atoms with Crippen LogP contribution in [0.3, 0.4) is 0 Å². The van der Waals surface area contributed by atoms with E-state index in [2.05, 4.69) is 11.1 Å². The van der Waals surface area contributed by atoms with Gasteiger partial charge < -0.3 is 0 Å². The predicted octanol–water partition coefficient (Wildman–Crippen LogP) is 1.76. The molecule has 1 aromatic rings. The molecule has 0 atom stereocenters. The Hall–Kier alpha value is -1.40. The lowest BCUT2D eigenvalue weighted by molar-refractivity contribution is 0.565. The van der Waals surface area contributed by atoms with Gasteiger partial charge in [0, 0.05) is 0 Å². The van der Waals surface area contributed by atoms with Crippen molar-refractivity contribution in [3.63, 3.8) is 0 Å². The van der Waals surface area contributed by atoms with Crippen LogP contribution in [0.5, 0.6) is 0 Å². The molecule has 0 aliphatic heterocycles. The molecule has 1 rings (SSSR count). The summed E-state index contributed by atoms with van der Waals surface area (Å²) in [6.07, 6.45) is 1.47. The van der Waals surface area contributed by atoms with Crippen molar-refractivity contribution >= 4 is 11.8 Å². The maximum atomic E-state index is 9.78. The van der Waals surface area contributed by atoms with Crippen LogP contribution in [-0.2, 0) is 4.79 Å². The lowest BCUT2D eigenvalue weighted by atomic mass is 10.2. The minimum atomic E-state index is 0.606. The SMILES string of the molecule is Cc1c[c]cc(N=C=O)c1. The normalized spacial score (nSPS) is 8.50. The third-order valence-electron chi connectivity index (χ3n) is 1.09. The van der Waals surface area contributed by atoms with Crippen LogP contribution in [-0.4, -0.2) is 6.08 Å². The molecule has 0 unspecified atom stereocenters. The molecule has 0 amide bonds. The Kier molecular flexibility index (Phi) is 1.98. The monoisotopic (exact) mass is 132 g/mol. The summed E-state index contributed by atoms with van der Waals surface area (Å²) >= 11 is 0. The molecule has 0 saturated carbocycles. The molecule has 0 saturated heterocycles. The van der Waals surface area contributed by atoms with E-state index in [4.69, 9.17) is 0 Å². The molecular formula is C8H6NO. The Bertz CT molecular complexity index is 274. The summed E-state index contributed by atoms with van der Waals surface area (Å²) in [7, 11) is 0. The Morgan fingerprint density at radius 3 is 3.00 bits per heavy atom. The first-order chi connectivity index (χ1) is 4.83. The van der Waals surface area contributed by atoms with Crippen molar-refractivity contribution in [2.24, 2.45) is 4.99 Å². The van der Waals surface area contributed by atoms with Crippen molar-refractivity contribution in [2.75, 3.05) is 0 Å². The van der Waals surface area contributed by atoms with Gasteiger partial charge in [-0.05, 0) is 30.7 Å². The van der Waals surface area contributed by atoms with E-state index in [9.17, 15) is 4.79 Å². The fourth-order valence-electron chi connectivity index (χ4n) is 0.692. The van der Waals surface area contributed by atoms with E-state index in [-0.39, 0.29) is 0 Å². The molecule has 0 N–H and O–H groups in total. The minimum Gasteiger partial charge on any atom is -0.211 e. The maximum absolute atomic E-state index is 9.78. The summed E-state index contributed by atoms with van der Waals surface area (Å²) in [5.74, 6) is 0. The molecule has 0 heterocycles. The Labute approximate surface area is 59.2 Å². The zero-order chi connectivity index (χ0) is 7.40. The van der Waals surface area contributed by atoms with Gasteiger partial charge in [-0.2, -0.15) is 4.99 Å². The smallest absolute Gasteiger partial charge is 0.211 e. The van der Waals surface area contributed by atoms with Gasteiger partial charge >= 0.3 is 0 Å². The van der Waals surface area contributed by atoms with Crippen molar-refractivity contribution in [1.29, 1.82) is 0 Å². The molecule has 1 radical (unpaired) electrons. The number of hydrogen-bond acceptors (Lipinski definition) is 2. The van der Waals surface area contributed by atoms with Gasteiger partial charge in [0.25, 0.3) is 0 Å². The van der Waals surface area contributed by atoms with Gasteiger partial charge in [-0.1, -0.05) is 6.07 Å². The predicted molar refractivity (Wildman–Crippen MR) is 37.8 cm³/mol. The number of isocyanates is 1. The second-order valence-corrected chi connectivity index (χ2v) is 1.97. The van der Waals surface area contributed by atoms with Crippen molar-refractivity contribution in [3.05, 3.63) is 29.8 Å². The molecule has 49 valence electrons. The molecule has 0 aliphatic rings. The summed E-state index contributed by atoms with van der Waals surface area (Å²) in [4.78, 5) is 13.2. The van der Waals surface area contributed by atoms with E-state index in [0.717, 1.165) is 5.56 Å². The number of carbonyl (C=O) groups excluding carboxylic acids is 1. The molecule has 0 spiro atoms. The van der Waals surface area contributed by atoms with Gasteiger partial charge in [-0.3, -0.25) is 0 Å². The summed E-state index contributed by atoms with van der Waals surface area (Å²) < 4.78 is 0. The molecule has 0 bridgehead atoms. The zero-order valence-corrected chi connectivity index (χ0v) is 5.59. The third kappa shape index (κ3) is 1.54. The molecule has 10 heavy (non-hydrogen) atoms. The summed E-state index contributed by atoms with van der Waals surface area (Å²) in [6, 6.07) is 8.09. The molecule has 0 fully saturated rings. The average Bonchev–Trinajstić information content (AvgIpc) is 1.88. The average molecular weight is 132 g/mol. The van der Waals surface area contributed by atoms with Gasteiger partial charge in [-0.25, -0.2) is 4.79 Å². The van der Waals surface area contributed by atoms with Gasteiger partial charge in [-0.15, -0.1) is 0 Å².